The summed E-state index contributed by atoms with van der Waals surface area (Å²) in [6.07, 6.45) is 0.811. The van der Waals surface area contributed by atoms with Crippen LogP contribution in [0.4, 0.5) is 0 Å². The van der Waals surface area contributed by atoms with Crippen LogP contribution in [0.5, 0.6) is 0 Å². The van der Waals surface area contributed by atoms with Gasteiger partial charge in [-0.1, -0.05) is 42.5 Å². The molecule has 2 aromatic rings. The van der Waals surface area contributed by atoms with Gasteiger partial charge in [-0.25, -0.2) is 0 Å². The molecule has 3 rings (SSSR count). The van der Waals surface area contributed by atoms with Gasteiger partial charge in [-0.3, -0.25) is 4.79 Å². The Bertz CT molecular complexity index is 745. The van der Waals surface area contributed by atoms with Crippen LogP contribution in [0.15, 0.2) is 48.5 Å². The summed E-state index contributed by atoms with van der Waals surface area (Å²) < 4.78 is 5.54. The third-order valence-corrected chi connectivity index (χ3v) is 4.35. The van der Waals surface area contributed by atoms with E-state index >= 15 is 0 Å². The van der Waals surface area contributed by atoms with Gasteiger partial charge < -0.3 is 15.4 Å². The van der Waals surface area contributed by atoms with Crippen molar-refractivity contribution in [2.75, 3.05) is 19.7 Å². The van der Waals surface area contributed by atoms with E-state index in [2.05, 4.69) is 22.8 Å². The first-order valence-electron chi connectivity index (χ1n) is 8.84. The Morgan fingerprint density at radius 1 is 1.35 bits per heavy atom. The number of nitrogens with zero attached hydrogens (tertiary/aromatic N) is 1. The molecule has 0 unspecified atom stereocenters. The summed E-state index contributed by atoms with van der Waals surface area (Å²) in [5, 5.41) is 15.4. The number of rotatable bonds is 5. The van der Waals surface area contributed by atoms with Crippen molar-refractivity contribution in [3.63, 3.8) is 0 Å². The van der Waals surface area contributed by atoms with E-state index in [-0.39, 0.29) is 5.91 Å². The number of hydrogen-bond donors (Lipinski definition) is 2. The zero-order valence-electron chi connectivity index (χ0n) is 14.6. The number of amides is 1. The predicted octanol–water partition coefficient (Wildman–Crippen LogP) is 2.08. The number of nitrogens with one attached hydrogen (secondary N) is 2. The molecule has 1 aliphatic heterocycles. The first-order chi connectivity index (χ1) is 12.8. The number of nitriles is 1. The maximum absolute atomic E-state index is 12.3. The second kappa shape index (κ2) is 9.14. The summed E-state index contributed by atoms with van der Waals surface area (Å²) >= 11 is 0. The van der Waals surface area contributed by atoms with Gasteiger partial charge in [0.1, 0.15) is 12.1 Å². The molecule has 1 saturated heterocycles. The molecule has 2 N–H and O–H groups in total. The van der Waals surface area contributed by atoms with Crippen molar-refractivity contribution in [2.45, 2.75) is 25.0 Å². The second-order valence-electron chi connectivity index (χ2n) is 6.30. The van der Waals surface area contributed by atoms with Gasteiger partial charge in [-0.05, 0) is 41.8 Å². The van der Waals surface area contributed by atoms with Crippen LogP contribution >= 0.6 is 0 Å². The van der Waals surface area contributed by atoms with Crippen LogP contribution in [-0.4, -0.2) is 37.7 Å². The van der Waals surface area contributed by atoms with Crippen LogP contribution < -0.4 is 10.6 Å². The highest BCUT2D eigenvalue weighted by molar-refractivity contribution is 5.81. The quantitative estimate of drug-likeness (QED) is 0.868. The number of hydrogen-bond acceptors (Lipinski definition) is 4. The highest BCUT2D eigenvalue weighted by Gasteiger charge is 2.23. The number of benzene rings is 2. The zero-order chi connectivity index (χ0) is 18.2. The SMILES string of the molecule is N#C[C@H](Cc1ccc(-c2c[c]ccc2)cc1)NC(=O)[C@@H]1CNCCCO1. The molecule has 2 atom stereocenters. The van der Waals surface area contributed by atoms with Crippen LogP contribution in [0.2, 0.25) is 0 Å². The highest BCUT2D eigenvalue weighted by Crippen LogP contribution is 2.19. The Morgan fingerprint density at radius 3 is 2.92 bits per heavy atom. The summed E-state index contributed by atoms with van der Waals surface area (Å²) in [4.78, 5) is 12.3. The molecule has 0 bridgehead atoms. The average molecular weight is 348 g/mol. The van der Waals surface area contributed by atoms with E-state index < -0.39 is 12.1 Å². The lowest BCUT2D eigenvalue weighted by atomic mass is 10.0. The summed E-state index contributed by atoms with van der Waals surface area (Å²) in [6, 6.07) is 20.5. The number of carbonyl (C=O) groups excluding carboxylic acids is 1. The molecule has 133 valence electrons. The van der Waals surface area contributed by atoms with E-state index in [1.165, 1.54) is 0 Å². The second-order valence-corrected chi connectivity index (χ2v) is 6.30. The van der Waals surface area contributed by atoms with E-state index in [0.717, 1.165) is 29.7 Å². The summed E-state index contributed by atoms with van der Waals surface area (Å²) in [5.41, 5.74) is 3.20. The van der Waals surface area contributed by atoms with Crippen molar-refractivity contribution >= 4 is 5.91 Å². The van der Waals surface area contributed by atoms with E-state index in [9.17, 15) is 10.1 Å². The molecule has 1 fully saturated rings. The third-order valence-electron chi connectivity index (χ3n) is 4.35. The van der Waals surface area contributed by atoms with Gasteiger partial charge in [0, 0.05) is 19.6 Å². The number of carbonyl (C=O) groups is 1. The van der Waals surface area contributed by atoms with E-state index in [4.69, 9.17) is 4.74 Å². The maximum Gasteiger partial charge on any atom is 0.251 e. The monoisotopic (exact) mass is 348 g/mol. The molecule has 0 aromatic heterocycles. The van der Waals surface area contributed by atoms with E-state index in [0.29, 0.717) is 19.6 Å². The predicted molar refractivity (Wildman–Crippen MR) is 99.2 cm³/mol. The van der Waals surface area contributed by atoms with E-state index in [1.807, 2.05) is 48.5 Å². The fourth-order valence-electron chi connectivity index (χ4n) is 2.92. The number of ether oxygens (including phenoxy) is 1. The zero-order valence-corrected chi connectivity index (χ0v) is 14.6. The lowest BCUT2D eigenvalue weighted by molar-refractivity contribution is -0.132. The minimum atomic E-state index is -0.578. The Hall–Kier alpha value is -2.68. The van der Waals surface area contributed by atoms with Crippen molar-refractivity contribution in [1.82, 2.24) is 10.6 Å². The Labute approximate surface area is 154 Å². The molecule has 5 nitrogen and oxygen atoms in total. The van der Waals surface area contributed by atoms with Gasteiger partial charge >= 0.3 is 0 Å². The fraction of sp³-hybridized carbons (Fsp3) is 0.333. The van der Waals surface area contributed by atoms with Crippen molar-refractivity contribution in [2.24, 2.45) is 0 Å². The standard InChI is InChI=1S/C21H22N3O2/c22-14-19(24-21(25)20-15-23-11-4-12-26-20)13-16-7-9-18(10-8-16)17-5-2-1-3-6-17/h1-2,5-10,19-20,23H,4,11-13,15H2,(H,24,25)/t19-,20-/m0/s1. The largest absolute Gasteiger partial charge is 0.367 e. The molecule has 5 heteroatoms. The normalized spacial score (nSPS) is 18.3. The smallest absolute Gasteiger partial charge is 0.251 e. The Balaban J connectivity index is 1.59. The van der Waals surface area contributed by atoms with E-state index in [1.54, 1.807) is 0 Å². The van der Waals surface area contributed by atoms with Crippen LogP contribution in [0.25, 0.3) is 11.1 Å². The van der Waals surface area contributed by atoms with Gasteiger partial charge in [0.25, 0.3) is 5.91 Å². The van der Waals surface area contributed by atoms with Gasteiger partial charge in [0.15, 0.2) is 0 Å². The lowest BCUT2D eigenvalue weighted by Gasteiger charge is -2.18. The topological polar surface area (TPSA) is 74.2 Å². The molecule has 0 spiro atoms. The fourth-order valence-corrected chi connectivity index (χ4v) is 2.92. The van der Waals surface area contributed by atoms with Crippen LogP contribution in [0.3, 0.4) is 0 Å². The molecule has 26 heavy (non-hydrogen) atoms. The maximum atomic E-state index is 12.3. The summed E-state index contributed by atoms with van der Waals surface area (Å²) in [5.74, 6) is -0.234. The molecule has 1 aliphatic rings. The minimum Gasteiger partial charge on any atom is -0.367 e. The summed E-state index contributed by atoms with van der Waals surface area (Å²) in [6.45, 7) is 1.88. The third kappa shape index (κ3) is 4.92. The molecule has 1 heterocycles. The molecular weight excluding hydrogens is 326 g/mol. The molecule has 0 aliphatic carbocycles. The highest BCUT2D eigenvalue weighted by atomic mass is 16.5. The average Bonchev–Trinajstić information content (AvgIpc) is 2.98. The van der Waals surface area contributed by atoms with Crippen molar-refractivity contribution in [3.8, 4) is 17.2 Å². The molecular formula is C21H22N3O2. The van der Waals surface area contributed by atoms with Crippen LogP contribution in [0, 0.1) is 17.4 Å². The first-order valence-corrected chi connectivity index (χ1v) is 8.84. The molecule has 1 radical (unpaired) electrons. The Morgan fingerprint density at radius 2 is 2.19 bits per heavy atom. The van der Waals surface area contributed by atoms with Crippen LogP contribution in [-0.2, 0) is 16.0 Å². The van der Waals surface area contributed by atoms with Crippen molar-refractivity contribution < 1.29 is 9.53 Å². The summed E-state index contributed by atoms with van der Waals surface area (Å²) in [7, 11) is 0. The van der Waals surface area contributed by atoms with Crippen molar-refractivity contribution in [3.05, 3.63) is 60.2 Å². The molecule has 1 amide bonds. The van der Waals surface area contributed by atoms with Gasteiger partial charge in [0.05, 0.1) is 6.07 Å². The van der Waals surface area contributed by atoms with Gasteiger partial charge in [0.2, 0.25) is 0 Å². The minimum absolute atomic E-state index is 0.234. The van der Waals surface area contributed by atoms with Crippen molar-refractivity contribution in [1.29, 1.82) is 5.26 Å². The molecule has 2 aromatic carbocycles. The lowest BCUT2D eigenvalue weighted by Crippen LogP contribution is -2.46. The molecule has 0 saturated carbocycles. The Kier molecular flexibility index (Phi) is 6.37. The van der Waals surface area contributed by atoms with Crippen LogP contribution in [0.1, 0.15) is 12.0 Å². The first kappa shape index (κ1) is 18.1. The van der Waals surface area contributed by atoms with Gasteiger partial charge in [-0.15, -0.1) is 0 Å². The van der Waals surface area contributed by atoms with Gasteiger partial charge in [-0.2, -0.15) is 5.26 Å².